The lowest BCUT2D eigenvalue weighted by molar-refractivity contribution is 0.432. The van der Waals surface area contributed by atoms with Crippen LogP contribution >= 0.6 is 15.9 Å². The van der Waals surface area contributed by atoms with Gasteiger partial charge in [0.2, 0.25) is 0 Å². The van der Waals surface area contributed by atoms with Crippen LogP contribution in [-0.4, -0.2) is 16.1 Å². The number of imidazole rings is 1. The number of aromatic nitrogens is 2. The maximum atomic E-state index is 5.63. The molecule has 1 aromatic rings. The van der Waals surface area contributed by atoms with E-state index in [2.05, 4.69) is 32.4 Å². The predicted molar refractivity (Wildman–Crippen MR) is 60.3 cm³/mol. The molecule has 0 saturated heterocycles. The molecule has 2 heterocycles. The van der Waals surface area contributed by atoms with Crippen molar-refractivity contribution in [2.45, 2.75) is 38.6 Å². The lowest BCUT2D eigenvalue weighted by Crippen LogP contribution is -2.18. The van der Waals surface area contributed by atoms with Crippen LogP contribution in [0.5, 0.6) is 0 Å². The van der Waals surface area contributed by atoms with Crippen molar-refractivity contribution >= 4 is 15.9 Å². The molecule has 0 amide bonds. The molecule has 2 N–H and O–H groups in total. The van der Waals surface area contributed by atoms with Crippen molar-refractivity contribution in [2.24, 2.45) is 5.73 Å². The van der Waals surface area contributed by atoms with Gasteiger partial charge in [-0.3, -0.25) is 0 Å². The predicted octanol–water partition coefficient (Wildman–Crippen LogP) is 2.18. The second-order valence-electron chi connectivity index (χ2n) is 3.90. The van der Waals surface area contributed by atoms with E-state index in [1.54, 1.807) is 0 Å². The van der Waals surface area contributed by atoms with E-state index in [1.165, 1.54) is 18.5 Å². The third-order valence-electron chi connectivity index (χ3n) is 2.99. The van der Waals surface area contributed by atoms with E-state index in [1.807, 2.05) is 0 Å². The third-order valence-corrected chi connectivity index (χ3v) is 3.57. The van der Waals surface area contributed by atoms with Gasteiger partial charge in [0.05, 0.1) is 5.69 Å². The average Bonchev–Trinajstić information content (AvgIpc) is 2.44. The second-order valence-corrected chi connectivity index (χ2v) is 4.65. The first kappa shape index (κ1) is 10.2. The first-order valence-corrected chi connectivity index (χ1v) is 5.96. The SMILES string of the molecule is Cc1nc(Br)c2n1CCCC2CCN. The summed E-state index contributed by atoms with van der Waals surface area (Å²) in [4.78, 5) is 4.46. The van der Waals surface area contributed by atoms with Crippen molar-refractivity contribution in [1.82, 2.24) is 9.55 Å². The molecule has 1 atom stereocenters. The molecule has 0 aromatic carbocycles. The minimum atomic E-state index is 0.601. The summed E-state index contributed by atoms with van der Waals surface area (Å²) < 4.78 is 3.35. The van der Waals surface area contributed by atoms with Crippen LogP contribution in [0.2, 0.25) is 0 Å². The summed E-state index contributed by atoms with van der Waals surface area (Å²) in [5.41, 5.74) is 6.99. The van der Waals surface area contributed by atoms with Gasteiger partial charge < -0.3 is 10.3 Å². The van der Waals surface area contributed by atoms with Crippen molar-refractivity contribution < 1.29 is 0 Å². The van der Waals surface area contributed by atoms with Gasteiger partial charge in [-0.25, -0.2) is 4.98 Å². The molecule has 4 heteroatoms. The molecule has 0 fully saturated rings. The van der Waals surface area contributed by atoms with Crippen LogP contribution in [0.3, 0.4) is 0 Å². The fourth-order valence-corrected chi connectivity index (χ4v) is 3.13. The Labute approximate surface area is 92.8 Å². The number of rotatable bonds is 2. The van der Waals surface area contributed by atoms with Gasteiger partial charge in [-0.15, -0.1) is 0 Å². The normalized spacial score (nSPS) is 20.9. The summed E-state index contributed by atoms with van der Waals surface area (Å²) in [5, 5.41) is 0. The van der Waals surface area contributed by atoms with Crippen LogP contribution in [0.15, 0.2) is 4.60 Å². The zero-order valence-electron chi connectivity index (χ0n) is 8.46. The molecule has 1 aromatic heterocycles. The highest BCUT2D eigenvalue weighted by atomic mass is 79.9. The molecule has 1 unspecified atom stereocenters. The third kappa shape index (κ3) is 1.61. The van der Waals surface area contributed by atoms with Crippen LogP contribution in [0.25, 0.3) is 0 Å². The van der Waals surface area contributed by atoms with Crippen molar-refractivity contribution in [3.63, 3.8) is 0 Å². The molecule has 0 radical (unpaired) electrons. The Morgan fingerprint density at radius 2 is 2.43 bits per heavy atom. The molecule has 2 rings (SSSR count). The molecule has 3 nitrogen and oxygen atoms in total. The zero-order chi connectivity index (χ0) is 10.1. The Morgan fingerprint density at radius 1 is 1.64 bits per heavy atom. The molecule has 0 bridgehead atoms. The average molecular weight is 258 g/mol. The minimum absolute atomic E-state index is 0.601. The fraction of sp³-hybridized carbons (Fsp3) is 0.700. The number of halogens is 1. The Hall–Kier alpha value is -0.350. The first-order chi connectivity index (χ1) is 6.74. The lowest BCUT2D eigenvalue weighted by Gasteiger charge is -2.24. The van der Waals surface area contributed by atoms with Crippen LogP contribution in [0, 0.1) is 6.92 Å². The molecule has 0 saturated carbocycles. The van der Waals surface area contributed by atoms with Gasteiger partial charge in [-0.2, -0.15) is 0 Å². The maximum Gasteiger partial charge on any atom is 0.127 e. The summed E-state index contributed by atoms with van der Waals surface area (Å²) in [5.74, 6) is 1.72. The number of fused-ring (bicyclic) bond motifs is 1. The highest BCUT2D eigenvalue weighted by Gasteiger charge is 2.24. The van der Waals surface area contributed by atoms with Crippen molar-refractivity contribution in [1.29, 1.82) is 0 Å². The fourth-order valence-electron chi connectivity index (χ4n) is 2.33. The summed E-state index contributed by atoms with van der Waals surface area (Å²) >= 11 is 3.54. The number of hydrogen-bond acceptors (Lipinski definition) is 2. The molecule has 0 aliphatic carbocycles. The summed E-state index contributed by atoms with van der Waals surface area (Å²) in [6.07, 6.45) is 3.58. The van der Waals surface area contributed by atoms with Gasteiger partial charge in [0, 0.05) is 12.5 Å². The molecule has 0 spiro atoms. The van der Waals surface area contributed by atoms with Crippen LogP contribution in [-0.2, 0) is 6.54 Å². The Balaban J connectivity index is 2.37. The van der Waals surface area contributed by atoms with Gasteiger partial charge in [0.15, 0.2) is 0 Å². The number of hydrogen-bond donors (Lipinski definition) is 1. The Morgan fingerprint density at radius 3 is 3.14 bits per heavy atom. The van der Waals surface area contributed by atoms with Crippen molar-refractivity contribution in [3.8, 4) is 0 Å². The van der Waals surface area contributed by atoms with Crippen LogP contribution in [0.1, 0.15) is 36.7 Å². The number of aryl methyl sites for hydroxylation is 1. The number of nitrogens with zero attached hydrogens (tertiary/aromatic N) is 2. The Bertz CT molecular complexity index is 332. The van der Waals surface area contributed by atoms with Gasteiger partial charge in [-0.1, -0.05) is 0 Å². The highest BCUT2D eigenvalue weighted by molar-refractivity contribution is 9.10. The van der Waals surface area contributed by atoms with E-state index in [-0.39, 0.29) is 0 Å². The quantitative estimate of drug-likeness (QED) is 0.883. The summed E-state index contributed by atoms with van der Waals surface area (Å²) in [6, 6.07) is 0. The van der Waals surface area contributed by atoms with Crippen LogP contribution < -0.4 is 5.73 Å². The standard InChI is InChI=1S/C10H16BrN3/c1-7-13-10(11)9-8(4-5-12)3-2-6-14(7)9/h8H,2-6,12H2,1H3. The van der Waals surface area contributed by atoms with E-state index in [0.717, 1.165) is 29.9 Å². The van der Waals surface area contributed by atoms with Crippen molar-refractivity contribution in [3.05, 3.63) is 16.1 Å². The second kappa shape index (κ2) is 4.03. The van der Waals surface area contributed by atoms with Crippen LogP contribution in [0.4, 0.5) is 0 Å². The number of nitrogens with two attached hydrogens (primary N) is 1. The molecule has 14 heavy (non-hydrogen) atoms. The van der Waals surface area contributed by atoms with E-state index < -0.39 is 0 Å². The first-order valence-electron chi connectivity index (χ1n) is 5.16. The van der Waals surface area contributed by atoms with E-state index in [9.17, 15) is 0 Å². The molecular formula is C10H16BrN3. The minimum Gasteiger partial charge on any atom is -0.331 e. The van der Waals surface area contributed by atoms with E-state index in [0.29, 0.717) is 5.92 Å². The van der Waals surface area contributed by atoms with E-state index in [4.69, 9.17) is 5.73 Å². The smallest absolute Gasteiger partial charge is 0.127 e. The molecule has 1 aliphatic heterocycles. The van der Waals surface area contributed by atoms with E-state index >= 15 is 0 Å². The summed E-state index contributed by atoms with van der Waals surface area (Å²) in [7, 11) is 0. The molecular weight excluding hydrogens is 242 g/mol. The summed E-state index contributed by atoms with van der Waals surface area (Å²) in [6.45, 7) is 3.95. The van der Waals surface area contributed by atoms with Gasteiger partial charge >= 0.3 is 0 Å². The maximum absolute atomic E-state index is 5.63. The largest absolute Gasteiger partial charge is 0.331 e. The topological polar surface area (TPSA) is 43.8 Å². The monoisotopic (exact) mass is 257 g/mol. The zero-order valence-corrected chi connectivity index (χ0v) is 10.0. The lowest BCUT2D eigenvalue weighted by atomic mass is 9.93. The Kier molecular flexibility index (Phi) is 2.93. The van der Waals surface area contributed by atoms with Gasteiger partial charge in [0.1, 0.15) is 10.4 Å². The highest BCUT2D eigenvalue weighted by Crippen LogP contribution is 2.35. The van der Waals surface area contributed by atoms with Crippen molar-refractivity contribution in [2.75, 3.05) is 6.54 Å². The van der Waals surface area contributed by atoms with Gasteiger partial charge in [0.25, 0.3) is 0 Å². The molecule has 78 valence electrons. The van der Waals surface area contributed by atoms with Gasteiger partial charge in [-0.05, 0) is 48.7 Å². The molecule has 1 aliphatic rings.